The number of benzene rings is 1. The van der Waals surface area contributed by atoms with E-state index < -0.39 is 5.91 Å². The highest BCUT2D eigenvalue weighted by atomic mass is 32.1. The van der Waals surface area contributed by atoms with Crippen molar-refractivity contribution in [3.63, 3.8) is 0 Å². The van der Waals surface area contributed by atoms with Crippen molar-refractivity contribution in [2.75, 3.05) is 0 Å². The molecule has 0 saturated heterocycles. The van der Waals surface area contributed by atoms with Crippen LogP contribution in [0.15, 0.2) is 42.0 Å². The summed E-state index contributed by atoms with van der Waals surface area (Å²) in [4.78, 5) is 16.9. The predicted molar refractivity (Wildman–Crippen MR) is 72.4 cm³/mol. The SMILES string of the molecule is O=C(NO)c1ccc2ncn(Cc3cccs3)c2c1. The number of aromatic nitrogens is 2. The molecular formula is C13H11N3O2S. The second kappa shape index (κ2) is 4.83. The molecular weight excluding hydrogens is 262 g/mol. The number of amides is 1. The number of nitrogens with zero attached hydrogens (tertiary/aromatic N) is 2. The van der Waals surface area contributed by atoms with Crippen molar-refractivity contribution in [3.05, 3.63) is 52.5 Å². The quantitative estimate of drug-likeness (QED) is 0.568. The van der Waals surface area contributed by atoms with Gasteiger partial charge in [0, 0.05) is 10.4 Å². The van der Waals surface area contributed by atoms with Gasteiger partial charge in [-0.1, -0.05) is 6.07 Å². The molecule has 0 radical (unpaired) electrons. The summed E-state index contributed by atoms with van der Waals surface area (Å²) in [5, 5.41) is 10.7. The van der Waals surface area contributed by atoms with Gasteiger partial charge in [0.15, 0.2) is 0 Å². The van der Waals surface area contributed by atoms with Crippen molar-refractivity contribution in [2.45, 2.75) is 6.54 Å². The monoisotopic (exact) mass is 273 g/mol. The number of rotatable bonds is 3. The molecule has 96 valence electrons. The summed E-state index contributed by atoms with van der Waals surface area (Å²) in [5.74, 6) is -0.522. The van der Waals surface area contributed by atoms with Crippen LogP contribution in [-0.2, 0) is 6.54 Å². The topological polar surface area (TPSA) is 67.2 Å². The molecule has 0 bridgehead atoms. The van der Waals surface area contributed by atoms with Gasteiger partial charge >= 0.3 is 0 Å². The van der Waals surface area contributed by atoms with Gasteiger partial charge in [-0.2, -0.15) is 0 Å². The molecule has 0 saturated carbocycles. The number of hydrogen-bond acceptors (Lipinski definition) is 4. The Bertz CT molecular complexity index is 719. The van der Waals surface area contributed by atoms with E-state index in [2.05, 4.69) is 11.1 Å². The van der Waals surface area contributed by atoms with Gasteiger partial charge in [0.2, 0.25) is 0 Å². The lowest BCUT2D eigenvalue weighted by Gasteiger charge is -2.03. The van der Waals surface area contributed by atoms with Crippen LogP contribution < -0.4 is 5.48 Å². The van der Waals surface area contributed by atoms with Gasteiger partial charge in [-0.3, -0.25) is 10.0 Å². The van der Waals surface area contributed by atoms with E-state index in [1.165, 1.54) is 4.88 Å². The fraction of sp³-hybridized carbons (Fsp3) is 0.0769. The van der Waals surface area contributed by atoms with E-state index in [4.69, 9.17) is 5.21 Å². The first-order chi connectivity index (χ1) is 9.28. The second-order valence-electron chi connectivity index (χ2n) is 4.10. The van der Waals surface area contributed by atoms with E-state index in [-0.39, 0.29) is 0 Å². The summed E-state index contributed by atoms with van der Waals surface area (Å²) in [6.45, 7) is 0.721. The maximum absolute atomic E-state index is 11.4. The maximum Gasteiger partial charge on any atom is 0.274 e. The Hall–Kier alpha value is -2.18. The van der Waals surface area contributed by atoms with Gasteiger partial charge in [-0.05, 0) is 29.6 Å². The number of carbonyl (C=O) groups excluding carboxylic acids is 1. The smallest absolute Gasteiger partial charge is 0.274 e. The molecule has 2 aromatic heterocycles. The molecule has 3 rings (SSSR count). The van der Waals surface area contributed by atoms with Gasteiger partial charge in [0.05, 0.1) is 23.9 Å². The number of hydroxylamine groups is 1. The summed E-state index contributed by atoms with van der Waals surface area (Å²) in [6.07, 6.45) is 1.75. The summed E-state index contributed by atoms with van der Waals surface area (Å²) < 4.78 is 1.98. The number of carbonyl (C=O) groups is 1. The van der Waals surface area contributed by atoms with E-state index in [0.29, 0.717) is 5.56 Å². The van der Waals surface area contributed by atoms with Gasteiger partial charge in [-0.15, -0.1) is 11.3 Å². The molecule has 1 aromatic carbocycles. The summed E-state index contributed by atoms with van der Waals surface area (Å²) in [6, 6.07) is 9.19. The third-order valence-electron chi connectivity index (χ3n) is 2.89. The molecule has 2 heterocycles. The zero-order valence-electron chi connectivity index (χ0n) is 9.91. The van der Waals surface area contributed by atoms with Crippen molar-refractivity contribution < 1.29 is 10.0 Å². The van der Waals surface area contributed by atoms with Crippen LogP contribution in [0.4, 0.5) is 0 Å². The highest BCUT2D eigenvalue weighted by Gasteiger charge is 2.09. The Balaban J connectivity index is 2.03. The van der Waals surface area contributed by atoms with Gasteiger partial charge in [0.1, 0.15) is 0 Å². The molecule has 0 spiro atoms. The molecule has 0 aliphatic heterocycles. The van der Waals surface area contributed by atoms with Gasteiger partial charge in [0.25, 0.3) is 5.91 Å². The first-order valence-electron chi connectivity index (χ1n) is 5.69. The minimum Gasteiger partial charge on any atom is -0.325 e. The number of thiophene rings is 1. The standard InChI is InChI=1S/C13H11N3O2S/c17-13(15-18)9-3-4-11-12(6-9)16(8-14-11)7-10-2-1-5-19-10/h1-6,8,18H,7H2,(H,15,17). The third kappa shape index (κ3) is 2.23. The Labute approximate surface area is 113 Å². The average Bonchev–Trinajstić information content (AvgIpc) is 3.08. The molecule has 6 heteroatoms. The minimum atomic E-state index is -0.522. The first kappa shape index (κ1) is 11.9. The van der Waals surface area contributed by atoms with Crippen LogP contribution in [0.5, 0.6) is 0 Å². The zero-order valence-corrected chi connectivity index (χ0v) is 10.7. The van der Waals surface area contributed by atoms with E-state index in [0.717, 1.165) is 17.6 Å². The molecule has 5 nitrogen and oxygen atoms in total. The summed E-state index contributed by atoms with van der Waals surface area (Å²) >= 11 is 1.68. The summed E-state index contributed by atoms with van der Waals surface area (Å²) in [5.41, 5.74) is 3.74. The Morgan fingerprint density at radius 3 is 3.05 bits per heavy atom. The third-order valence-corrected chi connectivity index (χ3v) is 3.75. The van der Waals surface area contributed by atoms with Crippen LogP contribution in [0.2, 0.25) is 0 Å². The number of imidazole rings is 1. The zero-order chi connectivity index (χ0) is 13.2. The van der Waals surface area contributed by atoms with Crippen molar-refractivity contribution in [1.29, 1.82) is 0 Å². The van der Waals surface area contributed by atoms with Crippen molar-refractivity contribution >= 4 is 28.3 Å². The predicted octanol–water partition coefficient (Wildman–Crippen LogP) is 2.27. The van der Waals surface area contributed by atoms with Crippen molar-refractivity contribution in [2.24, 2.45) is 0 Å². The van der Waals surface area contributed by atoms with E-state index in [1.807, 2.05) is 16.0 Å². The van der Waals surface area contributed by atoms with Crippen molar-refractivity contribution in [3.8, 4) is 0 Å². The number of fused-ring (bicyclic) bond motifs is 1. The molecule has 2 N–H and O–H groups in total. The maximum atomic E-state index is 11.4. The Morgan fingerprint density at radius 1 is 1.42 bits per heavy atom. The molecule has 0 fully saturated rings. The summed E-state index contributed by atoms with van der Waals surface area (Å²) in [7, 11) is 0. The lowest BCUT2D eigenvalue weighted by atomic mass is 10.2. The molecule has 0 aliphatic rings. The molecule has 3 aromatic rings. The largest absolute Gasteiger partial charge is 0.325 e. The average molecular weight is 273 g/mol. The van der Waals surface area contributed by atoms with E-state index in [9.17, 15) is 4.79 Å². The van der Waals surface area contributed by atoms with Crippen LogP contribution in [0.1, 0.15) is 15.2 Å². The highest BCUT2D eigenvalue weighted by Crippen LogP contribution is 2.18. The van der Waals surface area contributed by atoms with Crippen LogP contribution in [0.3, 0.4) is 0 Å². The minimum absolute atomic E-state index is 0.405. The molecule has 0 unspecified atom stereocenters. The van der Waals surface area contributed by atoms with E-state index >= 15 is 0 Å². The van der Waals surface area contributed by atoms with Gasteiger partial charge in [-0.25, -0.2) is 10.5 Å². The van der Waals surface area contributed by atoms with Crippen LogP contribution in [0.25, 0.3) is 11.0 Å². The van der Waals surface area contributed by atoms with Crippen LogP contribution >= 0.6 is 11.3 Å². The second-order valence-corrected chi connectivity index (χ2v) is 5.13. The van der Waals surface area contributed by atoms with Crippen LogP contribution in [-0.4, -0.2) is 20.7 Å². The Morgan fingerprint density at radius 2 is 2.32 bits per heavy atom. The molecule has 0 atom stereocenters. The molecule has 1 amide bonds. The van der Waals surface area contributed by atoms with Gasteiger partial charge < -0.3 is 4.57 Å². The highest BCUT2D eigenvalue weighted by molar-refractivity contribution is 7.09. The normalized spacial score (nSPS) is 10.8. The number of hydrogen-bond donors (Lipinski definition) is 2. The van der Waals surface area contributed by atoms with Crippen LogP contribution in [0, 0.1) is 0 Å². The molecule has 0 aliphatic carbocycles. The first-order valence-corrected chi connectivity index (χ1v) is 6.57. The lowest BCUT2D eigenvalue weighted by Crippen LogP contribution is -2.18. The van der Waals surface area contributed by atoms with Crippen molar-refractivity contribution in [1.82, 2.24) is 15.0 Å². The fourth-order valence-corrected chi connectivity index (χ4v) is 2.66. The fourth-order valence-electron chi connectivity index (χ4n) is 1.96. The Kier molecular flexibility index (Phi) is 3.02. The number of nitrogens with one attached hydrogen (secondary N) is 1. The molecule has 19 heavy (non-hydrogen) atoms. The van der Waals surface area contributed by atoms with E-state index in [1.54, 1.807) is 41.3 Å². The lowest BCUT2D eigenvalue weighted by molar-refractivity contribution is 0.0706.